The molecule has 22 heavy (non-hydrogen) atoms. The second-order valence-corrected chi connectivity index (χ2v) is 5.63. The van der Waals surface area contributed by atoms with Crippen LogP contribution in [0.5, 0.6) is 0 Å². The van der Waals surface area contributed by atoms with E-state index in [1.54, 1.807) is 12.1 Å². The molecule has 1 heterocycles. The van der Waals surface area contributed by atoms with E-state index in [0.717, 1.165) is 43.6 Å². The van der Waals surface area contributed by atoms with Crippen molar-refractivity contribution in [1.82, 2.24) is 5.32 Å². The summed E-state index contributed by atoms with van der Waals surface area (Å²) in [6.07, 6.45) is 4.86. The van der Waals surface area contributed by atoms with E-state index in [1.165, 1.54) is 7.11 Å². The quantitative estimate of drug-likeness (QED) is 0.496. The Labute approximate surface area is 132 Å². The van der Waals surface area contributed by atoms with Crippen LogP contribution in [0.1, 0.15) is 41.3 Å². The topological polar surface area (TPSA) is 76.7 Å². The first-order chi connectivity index (χ1) is 10.7. The maximum absolute atomic E-state index is 11.9. The van der Waals surface area contributed by atoms with Crippen LogP contribution in [-0.4, -0.2) is 38.9 Å². The molecule has 5 nitrogen and oxygen atoms in total. The van der Waals surface area contributed by atoms with Crippen LogP contribution in [0.25, 0.3) is 0 Å². The van der Waals surface area contributed by atoms with Crippen molar-refractivity contribution in [3.8, 4) is 0 Å². The average Bonchev–Trinajstić information content (AvgIpc) is 2.56. The Morgan fingerprint density at radius 1 is 1.45 bits per heavy atom. The Morgan fingerprint density at radius 2 is 2.18 bits per heavy atom. The highest BCUT2D eigenvalue weighted by Gasteiger charge is 2.16. The summed E-state index contributed by atoms with van der Waals surface area (Å²) in [5.74, 6) is 0.303. The summed E-state index contributed by atoms with van der Waals surface area (Å²) in [4.78, 5) is 16.4. The van der Waals surface area contributed by atoms with Gasteiger partial charge in [-0.2, -0.15) is 0 Å². The maximum atomic E-state index is 11.9. The summed E-state index contributed by atoms with van der Waals surface area (Å²) in [6, 6.07) is 3.47. The summed E-state index contributed by atoms with van der Waals surface area (Å²) in [7, 11) is 1.39. The number of benzene rings is 1. The number of nitrogens with two attached hydrogens (primary N) is 1. The van der Waals surface area contributed by atoms with Gasteiger partial charge in [0.2, 0.25) is 0 Å². The number of esters is 1. The van der Waals surface area contributed by atoms with Crippen molar-refractivity contribution >= 4 is 17.9 Å². The fourth-order valence-corrected chi connectivity index (χ4v) is 2.87. The highest BCUT2D eigenvalue weighted by atomic mass is 16.5. The zero-order valence-electron chi connectivity index (χ0n) is 13.4. The minimum absolute atomic E-state index is 0.329. The minimum atomic E-state index is -0.329. The number of piperidine rings is 1. The van der Waals surface area contributed by atoms with E-state index >= 15 is 0 Å². The number of anilines is 1. The van der Waals surface area contributed by atoms with Crippen molar-refractivity contribution in [3.05, 3.63) is 28.8 Å². The Hall–Kier alpha value is -1.88. The van der Waals surface area contributed by atoms with Crippen LogP contribution in [0.2, 0.25) is 0 Å². The van der Waals surface area contributed by atoms with E-state index in [1.807, 2.05) is 13.1 Å². The number of rotatable bonds is 5. The number of ether oxygens (including phenoxy) is 1. The predicted octanol–water partition coefficient (Wildman–Crippen LogP) is 2.04. The third-order valence-corrected chi connectivity index (χ3v) is 4.19. The van der Waals surface area contributed by atoms with Gasteiger partial charge < -0.3 is 15.8 Å². The van der Waals surface area contributed by atoms with Gasteiger partial charge in [-0.15, -0.1) is 0 Å². The normalized spacial score (nSPS) is 16.1. The molecule has 0 radical (unpaired) electrons. The summed E-state index contributed by atoms with van der Waals surface area (Å²) < 4.78 is 4.84. The molecule has 0 spiro atoms. The molecule has 5 heteroatoms. The summed E-state index contributed by atoms with van der Waals surface area (Å²) in [5.41, 5.74) is 9.05. The monoisotopic (exact) mass is 303 g/mol. The van der Waals surface area contributed by atoms with Crippen LogP contribution in [0.3, 0.4) is 0 Å². The van der Waals surface area contributed by atoms with E-state index in [9.17, 15) is 4.79 Å². The second-order valence-electron chi connectivity index (χ2n) is 5.63. The van der Waals surface area contributed by atoms with Gasteiger partial charge in [0.15, 0.2) is 0 Å². The van der Waals surface area contributed by atoms with E-state index < -0.39 is 0 Å². The Kier molecular flexibility index (Phi) is 5.95. The summed E-state index contributed by atoms with van der Waals surface area (Å²) in [6.45, 7) is 4.96. The molecule has 1 fully saturated rings. The van der Waals surface area contributed by atoms with Crippen molar-refractivity contribution in [1.29, 1.82) is 0 Å². The molecule has 0 atom stereocenters. The van der Waals surface area contributed by atoms with E-state index in [4.69, 9.17) is 10.5 Å². The van der Waals surface area contributed by atoms with Crippen molar-refractivity contribution in [2.75, 3.05) is 32.5 Å². The molecular formula is C17H25N3O2. The molecule has 0 saturated carbocycles. The molecule has 0 aromatic heterocycles. The molecule has 1 aromatic carbocycles. The highest BCUT2D eigenvalue weighted by Crippen LogP contribution is 2.22. The van der Waals surface area contributed by atoms with Crippen LogP contribution in [0, 0.1) is 5.92 Å². The fraction of sp³-hybridized carbons (Fsp3) is 0.529. The number of nitrogen functional groups attached to an aromatic ring is 1. The number of carbonyl (C=O) groups excluding carboxylic acids is 1. The van der Waals surface area contributed by atoms with Gasteiger partial charge in [0, 0.05) is 24.0 Å². The lowest BCUT2D eigenvalue weighted by atomic mass is 9.97. The number of carbonyl (C=O) groups is 1. The van der Waals surface area contributed by atoms with E-state index in [-0.39, 0.29) is 5.97 Å². The zero-order valence-corrected chi connectivity index (χ0v) is 13.4. The Morgan fingerprint density at radius 3 is 2.82 bits per heavy atom. The molecule has 3 N–H and O–H groups in total. The molecule has 1 aliphatic rings. The van der Waals surface area contributed by atoms with Crippen molar-refractivity contribution in [2.45, 2.75) is 26.2 Å². The number of methoxy groups -OCH3 is 1. The van der Waals surface area contributed by atoms with Crippen molar-refractivity contribution in [3.63, 3.8) is 0 Å². The number of hydrogen-bond donors (Lipinski definition) is 2. The smallest absolute Gasteiger partial charge is 0.338 e. The van der Waals surface area contributed by atoms with Gasteiger partial charge in [-0.05, 0) is 56.0 Å². The maximum Gasteiger partial charge on any atom is 0.338 e. The molecule has 1 aromatic rings. The van der Waals surface area contributed by atoms with Crippen molar-refractivity contribution < 1.29 is 9.53 Å². The van der Waals surface area contributed by atoms with Crippen LogP contribution >= 0.6 is 0 Å². The first-order valence-electron chi connectivity index (χ1n) is 7.87. The minimum Gasteiger partial charge on any atom is -0.465 e. The average molecular weight is 303 g/mol. The molecule has 2 rings (SSSR count). The standard InChI is InChI=1S/C17H25N3O2/c1-3-13-14(17(21)22-2)4-5-16(18)15(13)11-20-10-12-6-8-19-9-7-12/h4-5,11-12,19H,3,6-10,18H2,1-2H3. The van der Waals surface area contributed by atoms with Crippen molar-refractivity contribution in [2.24, 2.45) is 10.9 Å². The Balaban J connectivity index is 2.19. The third kappa shape index (κ3) is 3.85. The SMILES string of the molecule is CCc1c(C(=O)OC)ccc(N)c1C=NCC1CCNCC1. The van der Waals surface area contributed by atoms with Gasteiger partial charge in [-0.25, -0.2) is 4.79 Å². The fourth-order valence-electron chi connectivity index (χ4n) is 2.87. The van der Waals surface area contributed by atoms with Crippen LogP contribution < -0.4 is 11.1 Å². The second kappa shape index (κ2) is 7.94. The summed E-state index contributed by atoms with van der Waals surface area (Å²) in [5, 5.41) is 3.35. The third-order valence-electron chi connectivity index (χ3n) is 4.19. The summed E-state index contributed by atoms with van der Waals surface area (Å²) >= 11 is 0. The number of aliphatic imine (C=N–C) groups is 1. The molecule has 1 aliphatic heterocycles. The number of nitrogens with zero attached hydrogens (tertiary/aromatic N) is 1. The molecule has 0 amide bonds. The van der Waals surface area contributed by atoms with Gasteiger partial charge in [-0.3, -0.25) is 4.99 Å². The predicted molar refractivity (Wildman–Crippen MR) is 89.6 cm³/mol. The number of hydrogen-bond acceptors (Lipinski definition) is 5. The van der Waals surface area contributed by atoms with Crippen LogP contribution in [0.15, 0.2) is 17.1 Å². The molecular weight excluding hydrogens is 278 g/mol. The molecule has 0 bridgehead atoms. The number of nitrogens with one attached hydrogen (secondary N) is 1. The largest absolute Gasteiger partial charge is 0.465 e. The molecule has 0 aliphatic carbocycles. The van der Waals surface area contributed by atoms with Gasteiger partial charge >= 0.3 is 5.97 Å². The first kappa shape index (κ1) is 16.5. The van der Waals surface area contributed by atoms with Gasteiger partial charge in [-0.1, -0.05) is 6.92 Å². The van der Waals surface area contributed by atoms with E-state index in [2.05, 4.69) is 10.3 Å². The van der Waals surface area contributed by atoms with Crippen LogP contribution in [-0.2, 0) is 11.2 Å². The molecule has 0 unspecified atom stereocenters. The first-order valence-corrected chi connectivity index (χ1v) is 7.87. The zero-order chi connectivity index (χ0) is 15.9. The van der Waals surface area contributed by atoms with Gasteiger partial charge in [0.25, 0.3) is 0 Å². The lowest BCUT2D eigenvalue weighted by Crippen LogP contribution is -2.29. The molecule has 120 valence electrons. The van der Waals surface area contributed by atoms with Crippen LogP contribution in [0.4, 0.5) is 5.69 Å². The van der Waals surface area contributed by atoms with E-state index in [0.29, 0.717) is 23.6 Å². The lowest BCUT2D eigenvalue weighted by molar-refractivity contribution is 0.0599. The van der Waals surface area contributed by atoms with Gasteiger partial charge in [0.05, 0.1) is 12.7 Å². The lowest BCUT2D eigenvalue weighted by Gasteiger charge is -2.20. The van der Waals surface area contributed by atoms with Gasteiger partial charge in [0.1, 0.15) is 0 Å². The molecule has 1 saturated heterocycles. The highest BCUT2D eigenvalue weighted by molar-refractivity contribution is 5.98. The Bertz CT molecular complexity index is 549.